The second-order valence-electron chi connectivity index (χ2n) is 4.11. The van der Waals surface area contributed by atoms with E-state index in [1.165, 1.54) is 0 Å². The van der Waals surface area contributed by atoms with Crippen LogP contribution in [-0.4, -0.2) is 10.9 Å². The van der Waals surface area contributed by atoms with Crippen LogP contribution in [-0.2, 0) is 6.54 Å². The fourth-order valence-corrected chi connectivity index (χ4v) is 2.21. The molecule has 0 aliphatic rings. The first kappa shape index (κ1) is 14.0. The highest BCUT2D eigenvalue weighted by Gasteiger charge is 2.10. The van der Waals surface area contributed by atoms with Gasteiger partial charge in [-0.05, 0) is 42.3 Å². The molecular formula is C14H12BrClN2O. The number of halogens is 2. The van der Waals surface area contributed by atoms with Crippen LogP contribution in [0.5, 0.6) is 0 Å². The molecular weight excluding hydrogens is 328 g/mol. The van der Waals surface area contributed by atoms with Crippen LogP contribution in [0.1, 0.15) is 21.5 Å². The van der Waals surface area contributed by atoms with Crippen molar-refractivity contribution in [2.75, 3.05) is 0 Å². The maximum atomic E-state index is 12.1. The zero-order valence-corrected chi connectivity index (χ0v) is 12.6. The molecule has 19 heavy (non-hydrogen) atoms. The van der Waals surface area contributed by atoms with Gasteiger partial charge in [0, 0.05) is 23.4 Å². The number of benzene rings is 1. The number of aryl methyl sites for hydroxylation is 1. The quantitative estimate of drug-likeness (QED) is 0.925. The van der Waals surface area contributed by atoms with E-state index in [0.29, 0.717) is 17.1 Å². The summed E-state index contributed by atoms with van der Waals surface area (Å²) in [5.74, 6) is -0.192. The summed E-state index contributed by atoms with van der Waals surface area (Å²) in [6.45, 7) is 2.41. The fraction of sp³-hybridized carbons (Fsp3) is 0.143. The van der Waals surface area contributed by atoms with Crippen LogP contribution in [0.3, 0.4) is 0 Å². The smallest absolute Gasteiger partial charge is 0.253 e. The third-order valence-electron chi connectivity index (χ3n) is 2.75. The van der Waals surface area contributed by atoms with Gasteiger partial charge >= 0.3 is 0 Å². The summed E-state index contributed by atoms with van der Waals surface area (Å²) < 4.78 is 0.821. The molecule has 1 N–H and O–H groups in total. The maximum absolute atomic E-state index is 12.1. The number of carbonyl (C=O) groups excluding carboxylic acids is 1. The molecule has 0 aliphatic heterocycles. The molecule has 3 nitrogen and oxygen atoms in total. The SMILES string of the molecule is Cc1cnccc1CNC(=O)c1cc(Br)ccc1Cl. The minimum absolute atomic E-state index is 0.192. The van der Waals surface area contributed by atoms with Crippen molar-refractivity contribution in [3.63, 3.8) is 0 Å². The van der Waals surface area contributed by atoms with Crippen molar-refractivity contribution in [1.82, 2.24) is 10.3 Å². The maximum Gasteiger partial charge on any atom is 0.253 e. The van der Waals surface area contributed by atoms with Gasteiger partial charge in [0.25, 0.3) is 5.91 Å². The van der Waals surface area contributed by atoms with E-state index in [1.54, 1.807) is 30.6 Å². The van der Waals surface area contributed by atoms with Crippen LogP contribution >= 0.6 is 27.5 Å². The largest absolute Gasteiger partial charge is 0.348 e. The number of nitrogens with one attached hydrogen (secondary N) is 1. The topological polar surface area (TPSA) is 42.0 Å². The van der Waals surface area contributed by atoms with Crippen LogP contribution in [0.2, 0.25) is 5.02 Å². The van der Waals surface area contributed by atoms with Crippen LogP contribution in [0.25, 0.3) is 0 Å². The molecule has 0 unspecified atom stereocenters. The Hall–Kier alpha value is -1.39. The van der Waals surface area contributed by atoms with E-state index in [4.69, 9.17) is 11.6 Å². The second-order valence-corrected chi connectivity index (χ2v) is 5.43. The second kappa shape index (κ2) is 6.17. The Labute approximate surface area is 125 Å². The number of aromatic nitrogens is 1. The Bertz CT molecular complexity index is 616. The standard InChI is InChI=1S/C14H12BrClN2O/c1-9-7-17-5-4-10(9)8-18-14(19)12-6-11(15)2-3-13(12)16/h2-7H,8H2,1H3,(H,18,19). The van der Waals surface area contributed by atoms with Gasteiger partial charge in [-0.2, -0.15) is 0 Å². The van der Waals surface area contributed by atoms with Gasteiger partial charge in [0.15, 0.2) is 0 Å². The van der Waals surface area contributed by atoms with Gasteiger partial charge in [-0.3, -0.25) is 9.78 Å². The summed E-state index contributed by atoms with van der Waals surface area (Å²) in [4.78, 5) is 16.1. The van der Waals surface area contributed by atoms with Crippen LogP contribution < -0.4 is 5.32 Å². The molecule has 0 fully saturated rings. The Morgan fingerprint density at radius 1 is 1.42 bits per heavy atom. The van der Waals surface area contributed by atoms with E-state index in [9.17, 15) is 4.79 Å². The minimum Gasteiger partial charge on any atom is -0.348 e. The van der Waals surface area contributed by atoms with Crippen LogP contribution in [0, 0.1) is 6.92 Å². The van der Waals surface area contributed by atoms with Gasteiger partial charge in [0.1, 0.15) is 0 Å². The zero-order valence-electron chi connectivity index (χ0n) is 10.3. The predicted octanol–water partition coefficient (Wildman–Crippen LogP) is 3.74. The van der Waals surface area contributed by atoms with Gasteiger partial charge in [0.2, 0.25) is 0 Å². The Kier molecular flexibility index (Phi) is 4.56. The van der Waals surface area contributed by atoms with E-state index in [0.717, 1.165) is 15.6 Å². The van der Waals surface area contributed by atoms with E-state index in [1.807, 2.05) is 13.0 Å². The van der Waals surface area contributed by atoms with Crippen LogP contribution in [0.4, 0.5) is 0 Å². The van der Waals surface area contributed by atoms with Crippen LogP contribution in [0.15, 0.2) is 41.1 Å². The summed E-state index contributed by atoms with van der Waals surface area (Å²) in [6.07, 6.45) is 3.48. The van der Waals surface area contributed by atoms with E-state index in [2.05, 4.69) is 26.2 Å². The highest BCUT2D eigenvalue weighted by Crippen LogP contribution is 2.21. The molecule has 0 bridgehead atoms. The fourth-order valence-electron chi connectivity index (χ4n) is 1.64. The molecule has 0 atom stereocenters. The molecule has 5 heteroatoms. The van der Waals surface area contributed by atoms with Gasteiger partial charge in [-0.1, -0.05) is 27.5 Å². The Morgan fingerprint density at radius 3 is 2.95 bits per heavy atom. The summed E-state index contributed by atoms with van der Waals surface area (Å²) >= 11 is 9.34. The Balaban J connectivity index is 2.10. The molecule has 1 aromatic heterocycles. The first-order chi connectivity index (χ1) is 9.08. The molecule has 1 amide bonds. The lowest BCUT2D eigenvalue weighted by Gasteiger charge is -2.09. The molecule has 1 heterocycles. The third kappa shape index (κ3) is 3.55. The molecule has 98 valence electrons. The van der Waals surface area contributed by atoms with Crippen molar-refractivity contribution >= 4 is 33.4 Å². The lowest BCUT2D eigenvalue weighted by Crippen LogP contribution is -2.23. The molecule has 2 rings (SSSR count). The number of amides is 1. The normalized spacial score (nSPS) is 10.3. The molecule has 0 spiro atoms. The van der Waals surface area contributed by atoms with E-state index < -0.39 is 0 Å². The van der Waals surface area contributed by atoms with E-state index >= 15 is 0 Å². The predicted molar refractivity (Wildman–Crippen MR) is 79.3 cm³/mol. The lowest BCUT2D eigenvalue weighted by molar-refractivity contribution is 0.0951. The zero-order chi connectivity index (χ0) is 13.8. The van der Waals surface area contributed by atoms with Crippen molar-refractivity contribution in [2.45, 2.75) is 13.5 Å². The summed E-state index contributed by atoms with van der Waals surface area (Å²) in [5.41, 5.74) is 2.54. The summed E-state index contributed by atoms with van der Waals surface area (Å²) in [6, 6.07) is 7.08. The van der Waals surface area contributed by atoms with Gasteiger partial charge < -0.3 is 5.32 Å². The van der Waals surface area contributed by atoms with Gasteiger partial charge in [0.05, 0.1) is 10.6 Å². The van der Waals surface area contributed by atoms with Gasteiger partial charge in [-0.25, -0.2) is 0 Å². The van der Waals surface area contributed by atoms with Crippen molar-refractivity contribution < 1.29 is 4.79 Å². The number of rotatable bonds is 3. The number of pyridine rings is 1. The molecule has 1 aromatic carbocycles. The minimum atomic E-state index is -0.192. The lowest BCUT2D eigenvalue weighted by atomic mass is 10.1. The third-order valence-corrected chi connectivity index (χ3v) is 3.57. The molecule has 0 saturated carbocycles. The first-order valence-corrected chi connectivity index (χ1v) is 6.88. The molecule has 2 aromatic rings. The average molecular weight is 340 g/mol. The first-order valence-electron chi connectivity index (χ1n) is 5.70. The van der Waals surface area contributed by atoms with Crippen molar-refractivity contribution in [1.29, 1.82) is 0 Å². The number of carbonyl (C=O) groups is 1. The number of nitrogens with zero attached hydrogens (tertiary/aromatic N) is 1. The average Bonchev–Trinajstić information content (AvgIpc) is 2.40. The number of hydrogen-bond donors (Lipinski definition) is 1. The number of hydrogen-bond acceptors (Lipinski definition) is 2. The molecule has 0 aliphatic carbocycles. The summed E-state index contributed by atoms with van der Waals surface area (Å²) in [5, 5.41) is 3.29. The monoisotopic (exact) mass is 338 g/mol. The Morgan fingerprint density at radius 2 is 2.21 bits per heavy atom. The van der Waals surface area contributed by atoms with E-state index in [-0.39, 0.29) is 5.91 Å². The molecule has 0 saturated heterocycles. The van der Waals surface area contributed by atoms with Crippen molar-refractivity contribution in [3.8, 4) is 0 Å². The summed E-state index contributed by atoms with van der Waals surface area (Å²) in [7, 11) is 0. The molecule has 0 radical (unpaired) electrons. The van der Waals surface area contributed by atoms with Gasteiger partial charge in [-0.15, -0.1) is 0 Å². The highest BCUT2D eigenvalue weighted by molar-refractivity contribution is 9.10. The highest BCUT2D eigenvalue weighted by atomic mass is 79.9. The van der Waals surface area contributed by atoms with Crippen molar-refractivity contribution in [2.24, 2.45) is 0 Å². The van der Waals surface area contributed by atoms with Crippen molar-refractivity contribution in [3.05, 3.63) is 62.8 Å².